The van der Waals surface area contributed by atoms with E-state index in [1.165, 1.54) is 6.07 Å². The van der Waals surface area contributed by atoms with Gasteiger partial charge >= 0.3 is 0 Å². The van der Waals surface area contributed by atoms with E-state index >= 15 is 0 Å². The van der Waals surface area contributed by atoms with Crippen LogP contribution >= 0.6 is 0 Å². The van der Waals surface area contributed by atoms with Crippen molar-refractivity contribution >= 4 is 10.9 Å². The van der Waals surface area contributed by atoms with E-state index in [2.05, 4.69) is 9.97 Å². The van der Waals surface area contributed by atoms with Crippen LogP contribution in [0.25, 0.3) is 10.9 Å². The zero-order valence-electron chi connectivity index (χ0n) is 7.66. The SMILES string of the molecule is Cc1nc(CO)nc2cccc(F)c12. The Bertz CT molecular complexity index is 485. The quantitative estimate of drug-likeness (QED) is 0.746. The van der Waals surface area contributed by atoms with Gasteiger partial charge in [-0.15, -0.1) is 0 Å². The molecule has 0 aliphatic rings. The van der Waals surface area contributed by atoms with E-state index in [9.17, 15) is 4.39 Å². The molecule has 0 unspecified atom stereocenters. The van der Waals surface area contributed by atoms with Crippen molar-refractivity contribution in [3.63, 3.8) is 0 Å². The number of aromatic nitrogens is 2. The number of hydrogen-bond donors (Lipinski definition) is 1. The lowest BCUT2D eigenvalue weighted by Crippen LogP contribution is -1.99. The number of aliphatic hydroxyl groups excluding tert-OH is 1. The molecule has 0 aliphatic heterocycles. The number of aliphatic hydroxyl groups is 1. The molecular weight excluding hydrogens is 183 g/mol. The van der Waals surface area contributed by atoms with Gasteiger partial charge in [0.15, 0.2) is 5.82 Å². The van der Waals surface area contributed by atoms with Crippen LogP contribution in [-0.4, -0.2) is 15.1 Å². The fourth-order valence-electron chi connectivity index (χ4n) is 1.45. The first-order valence-electron chi connectivity index (χ1n) is 4.25. The zero-order chi connectivity index (χ0) is 10.1. The second-order valence-corrected chi connectivity index (χ2v) is 3.02. The highest BCUT2D eigenvalue weighted by Gasteiger charge is 2.07. The lowest BCUT2D eigenvalue weighted by atomic mass is 10.2. The normalized spacial score (nSPS) is 10.8. The summed E-state index contributed by atoms with van der Waals surface area (Å²) in [4.78, 5) is 7.99. The molecule has 2 aromatic rings. The van der Waals surface area contributed by atoms with Crippen LogP contribution in [0.4, 0.5) is 4.39 Å². The summed E-state index contributed by atoms with van der Waals surface area (Å²) in [5, 5.41) is 9.29. The largest absolute Gasteiger partial charge is 0.388 e. The van der Waals surface area contributed by atoms with Crippen LogP contribution in [-0.2, 0) is 6.61 Å². The topological polar surface area (TPSA) is 46.0 Å². The molecule has 0 saturated heterocycles. The summed E-state index contributed by atoms with van der Waals surface area (Å²) in [5.41, 5.74) is 1.08. The molecule has 1 N–H and O–H groups in total. The molecule has 0 spiro atoms. The number of hydrogen-bond acceptors (Lipinski definition) is 3. The Morgan fingerprint density at radius 1 is 1.36 bits per heavy atom. The Hall–Kier alpha value is -1.55. The highest BCUT2D eigenvalue weighted by atomic mass is 19.1. The number of aryl methyl sites for hydroxylation is 1. The van der Waals surface area contributed by atoms with Gasteiger partial charge in [-0.3, -0.25) is 0 Å². The van der Waals surface area contributed by atoms with Gasteiger partial charge in [0.2, 0.25) is 0 Å². The molecule has 1 aromatic carbocycles. The molecule has 4 heteroatoms. The van der Waals surface area contributed by atoms with Crippen LogP contribution in [0.3, 0.4) is 0 Å². The van der Waals surface area contributed by atoms with Crippen LogP contribution in [0, 0.1) is 12.7 Å². The van der Waals surface area contributed by atoms with Crippen LogP contribution in [0.2, 0.25) is 0 Å². The number of halogens is 1. The second-order valence-electron chi connectivity index (χ2n) is 3.02. The van der Waals surface area contributed by atoms with E-state index < -0.39 is 0 Å². The molecule has 14 heavy (non-hydrogen) atoms. The maximum absolute atomic E-state index is 13.3. The maximum Gasteiger partial charge on any atom is 0.154 e. The summed E-state index contributed by atoms with van der Waals surface area (Å²) in [6.07, 6.45) is 0. The predicted molar refractivity (Wildman–Crippen MR) is 50.2 cm³/mol. The van der Waals surface area contributed by atoms with Gasteiger partial charge in [0.1, 0.15) is 12.4 Å². The Morgan fingerprint density at radius 2 is 2.14 bits per heavy atom. The van der Waals surface area contributed by atoms with Crippen molar-refractivity contribution < 1.29 is 9.50 Å². The predicted octanol–water partition coefficient (Wildman–Crippen LogP) is 1.57. The Morgan fingerprint density at radius 3 is 2.86 bits per heavy atom. The lowest BCUT2D eigenvalue weighted by molar-refractivity contribution is 0.271. The number of rotatable bonds is 1. The van der Waals surface area contributed by atoms with Crippen molar-refractivity contribution in [1.29, 1.82) is 0 Å². The van der Waals surface area contributed by atoms with Crippen LogP contribution in [0.5, 0.6) is 0 Å². The molecule has 0 fully saturated rings. The van der Waals surface area contributed by atoms with Crippen LogP contribution < -0.4 is 0 Å². The first-order valence-corrected chi connectivity index (χ1v) is 4.25. The van der Waals surface area contributed by atoms with Gasteiger partial charge in [-0.2, -0.15) is 0 Å². The summed E-state index contributed by atoms with van der Waals surface area (Å²) >= 11 is 0. The van der Waals surface area contributed by atoms with E-state index in [0.29, 0.717) is 22.4 Å². The van der Waals surface area contributed by atoms with Gasteiger partial charge in [-0.25, -0.2) is 14.4 Å². The molecule has 0 bridgehead atoms. The average Bonchev–Trinajstić information content (AvgIpc) is 2.17. The summed E-state index contributed by atoms with van der Waals surface area (Å²) < 4.78 is 13.3. The highest BCUT2D eigenvalue weighted by molar-refractivity contribution is 5.81. The molecule has 0 atom stereocenters. The minimum atomic E-state index is -0.329. The maximum atomic E-state index is 13.3. The standard InChI is InChI=1S/C10H9FN2O/c1-6-10-7(11)3-2-4-8(10)13-9(5-14)12-6/h2-4,14H,5H2,1H3. The minimum Gasteiger partial charge on any atom is -0.388 e. The van der Waals surface area contributed by atoms with E-state index in [0.717, 1.165) is 0 Å². The lowest BCUT2D eigenvalue weighted by Gasteiger charge is -2.03. The van der Waals surface area contributed by atoms with Crippen LogP contribution in [0.15, 0.2) is 18.2 Å². The molecule has 3 nitrogen and oxygen atoms in total. The number of benzene rings is 1. The monoisotopic (exact) mass is 192 g/mol. The Balaban J connectivity index is 2.83. The Labute approximate surface area is 80.2 Å². The summed E-state index contributed by atoms with van der Waals surface area (Å²) in [5.74, 6) is -0.00918. The molecule has 1 heterocycles. The van der Waals surface area contributed by atoms with Gasteiger partial charge in [0.05, 0.1) is 16.6 Å². The van der Waals surface area contributed by atoms with Gasteiger partial charge in [-0.05, 0) is 19.1 Å². The first-order chi connectivity index (χ1) is 6.72. The first kappa shape index (κ1) is 9.02. The van der Waals surface area contributed by atoms with Gasteiger partial charge in [0.25, 0.3) is 0 Å². The summed E-state index contributed by atoms with van der Waals surface area (Å²) in [7, 11) is 0. The van der Waals surface area contributed by atoms with Crippen molar-refractivity contribution in [1.82, 2.24) is 9.97 Å². The second kappa shape index (κ2) is 3.31. The smallest absolute Gasteiger partial charge is 0.154 e. The van der Waals surface area contributed by atoms with Crippen molar-refractivity contribution in [3.05, 3.63) is 35.5 Å². The van der Waals surface area contributed by atoms with Gasteiger partial charge < -0.3 is 5.11 Å². The Kier molecular flexibility index (Phi) is 2.13. The van der Waals surface area contributed by atoms with Gasteiger partial charge in [0, 0.05) is 0 Å². The van der Waals surface area contributed by atoms with Crippen molar-refractivity contribution in [2.24, 2.45) is 0 Å². The average molecular weight is 192 g/mol. The molecule has 0 radical (unpaired) electrons. The molecule has 72 valence electrons. The summed E-state index contributed by atoms with van der Waals surface area (Å²) in [6, 6.07) is 4.66. The van der Waals surface area contributed by atoms with Gasteiger partial charge in [-0.1, -0.05) is 6.07 Å². The van der Waals surface area contributed by atoms with E-state index in [1.54, 1.807) is 19.1 Å². The zero-order valence-corrected chi connectivity index (χ0v) is 7.66. The molecule has 1 aromatic heterocycles. The third-order valence-electron chi connectivity index (χ3n) is 2.04. The van der Waals surface area contributed by atoms with E-state index in [4.69, 9.17) is 5.11 Å². The fourth-order valence-corrected chi connectivity index (χ4v) is 1.45. The highest BCUT2D eigenvalue weighted by Crippen LogP contribution is 2.18. The third-order valence-corrected chi connectivity index (χ3v) is 2.04. The molecule has 2 rings (SSSR count). The van der Waals surface area contributed by atoms with E-state index in [-0.39, 0.29) is 12.4 Å². The van der Waals surface area contributed by atoms with Crippen LogP contribution in [0.1, 0.15) is 11.5 Å². The van der Waals surface area contributed by atoms with Crippen molar-refractivity contribution in [2.45, 2.75) is 13.5 Å². The fraction of sp³-hybridized carbons (Fsp3) is 0.200. The number of fused-ring (bicyclic) bond motifs is 1. The minimum absolute atomic E-state index is 0.229. The molecule has 0 aliphatic carbocycles. The molecule has 0 saturated carbocycles. The summed E-state index contributed by atoms with van der Waals surface area (Å²) in [6.45, 7) is 1.47. The third kappa shape index (κ3) is 1.33. The van der Waals surface area contributed by atoms with Crippen molar-refractivity contribution in [2.75, 3.05) is 0 Å². The molecule has 0 amide bonds. The number of nitrogens with zero attached hydrogens (tertiary/aromatic N) is 2. The van der Waals surface area contributed by atoms with Crippen molar-refractivity contribution in [3.8, 4) is 0 Å². The van der Waals surface area contributed by atoms with E-state index in [1.807, 2.05) is 0 Å². The molecular formula is C10H9FN2O.